The third kappa shape index (κ3) is 1.20. The SMILES string of the molecule is CC(C)N1CC[C@H]2CCC[C@H]21. The third-order valence-corrected chi connectivity index (χ3v) is 3.47. The second-order valence-corrected chi connectivity index (χ2v) is 4.38. The molecule has 2 rings (SSSR count). The van der Waals surface area contributed by atoms with Crippen molar-refractivity contribution in [1.29, 1.82) is 0 Å². The van der Waals surface area contributed by atoms with E-state index in [4.69, 9.17) is 0 Å². The maximum atomic E-state index is 2.71. The van der Waals surface area contributed by atoms with Gasteiger partial charge in [-0.3, -0.25) is 4.90 Å². The molecule has 0 bridgehead atoms. The van der Waals surface area contributed by atoms with Crippen LogP contribution in [0, 0.1) is 5.92 Å². The van der Waals surface area contributed by atoms with E-state index in [1.165, 1.54) is 32.2 Å². The van der Waals surface area contributed by atoms with Crippen LogP contribution in [0.25, 0.3) is 0 Å². The maximum Gasteiger partial charge on any atom is 0.0127 e. The molecule has 0 unspecified atom stereocenters. The van der Waals surface area contributed by atoms with Crippen LogP contribution in [-0.4, -0.2) is 23.5 Å². The summed E-state index contributed by atoms with van der Waals surface area (Å²) in [6.45, 7) is 6.04. The quantitative estimate of drug-likeness (QED) is 0.558. The Balaban J connectivity index is 2.03. The van der Waals surface area contributed by atoms with E-state index in [-0.39, 0.29) is 0 Å². The molecule has 0 aromatic carbocycles. The molecule has 0 amide bonds. The second kappa shape index (κ2) is 2.78. The number of likely N-dealkylation sites (tertiary alicyclic amines) is 1. The first kappa shape index (κ1) is 7.60. The van der Waals surface area contributed by atoms with Gasteiger partial charge >= 0.3 is 0 Å². The molecule has 2 aliphatic rings. The first-order valence-corrected chi connectivity index (χ1v) is 5.05. The molecule has 64 valence electrons. The molecule has 1 heterocycles. The van der Waals surface area contributed by atoms with E-state index in [9.17, 15) is 0 Å². The minimum Gasteiger partial charge on any atom is -0.298 e. The summed E-state index contributed by atoms with van der Waals surface area (Å²) in [6.07, 6.45) is 5.94. The van der Waals surface area contributed by atoms with Crippen LogP contribution >= 0.6 is 0 Å². The van der Waals surface area contributed by atoms with Crippen molar-refractivity contribution in [3.05, 3.63) is 0 Å². The Bertz CT molecular complexity index is 142. The van der Waals surface area contributed by atoms with Gasteiger partial charge in [-0.2, -0.15) is 0 Å². The van der Waals surface area contributed by atoms with Crippen molar-refractivity contribution in [2.75, 3.05) is 6.54 Å². The highest BCUT2D eigenvalue weighted by molar-refractivity contribution is 4.92. The van der Waals surface area contributed by atoms with E-state index in [1.807, 2.05) is 0 Å². The topological polar surface area (TPSA) is 3.24 Å². The summed E-state index contributed by atoms with van der Waals surface area (Å²) in [5.41, 5.74) is 0. The number of fused-ring (bicyclic) bond motifs is 1. The zero-order chi connectivity index (χ0) is 7.84. The van der Waals surface area contributed by atoms with Gasteiger partial charge in [0.05, 0.1) is 0 Å². The Hall–Kier alpha value is -0.0400. The van der Waals surface area contributed by atoms with Gasteiger partial charge in [-0.05, 0) is 45.6 Å². The zero-order valence-corrected chi connectivity index (χ0v) is 7.71. The highest BCUT2D eigenvalue weighted by Gasteiger charge is 2.37. The van der Waals surface area contributed by atoms with Gasteiger partial charge in [0.1, 0.15) is 0 Å². The van der Waals surface area contributed by atoms with Crippen molar-refractivity contribution in [2.24, 2.45) is 5.92 Å². The molecule has 0 N–H and O–H groups in total. The average Bonchev–Trinajstić information content (AvgIpc) is 2.41. The van der Waals surface area contributed by atoms with Gasteiger partial charge in [-0.1, -0.05) is 6.42 Å². The lowest BCUT2D eigenvalue weighted by Crippen LogP contribution is -2.35. The summed E-state index contributed by atoms with van der Waals surface area (Å²) in [6, 6.07) is 1.75. The summed E-state index contributed by atoms with van der Waals surface area (Å²) in [5.74, 6) is 1.07. The van der Waals surface area contributed by atoms with Crippen molar-refractivity contribution >= 4 is 0 Å². The Morgan fingerprint density at radius 1 is 1.18 bits per heavy atom. The number of nitrogens with zero attached hydrogens (tertiary/aromatic N) is 1. The van der Waals surface area contributed by atoms with Crippen LogP contribution in [0.2, 0.25) is 0 Å². The lowest BCUT2D eigenvalue weighted by atomic mass is 10.0. The lowest BCUT2D eigenvalue weighted by molar-refractivity contribution is 0.194. The van der Waals surface area contributed by atoms with Crippen LogP contribution in [0.1, 0.15) is 39.5 Å². The normalized spacial score (nSPS) is 38.5. The molecule has 2 fully saturated rings. The van der Waals surface area contributed by atoms with Gasteiger partial charge in [-0.25, -0.2) is 0 Å². The first-order chi connectivity index (χ1) is 5.29. The highest BCUT2D eigenvalue weighted by atomic mass is 15.2. The van der Waals surface area contributed by atoms with E-state index in [2.05, 4.69) is 18.7 Å². The number of hydrogen-bond acceptors (Lipinski definition) is 1. The molecule has 2 atom stereocenters. The van der Waals surface area contributed by atoms with Crippen molar-refractivity contribution in [3.8, 4) is 0 Å². The van der Waals surface area contributed by atoms with E-state index < -0.39 is 0 Å². The summed E-state index contributed by atoms with van der Waals surface area (Å²) in [5, 5.41) is 0. The van der Waals surface area contributed by atoms with Crippen LogP contribution < -0.4 is 0 Å². The van der Waals surface area contributed by atoms with Crippen molar-refractivity contribution in [3.63, 3.8) is 0 Å². The van der Waals surface area contributed by atoms with Crippen molar-refractivity contribution in [1.82, 2.24) is 4.90 Å². The van der Waals surface area contributed by atoms with Crippen LogP contribution in [0.15, 0.2) is 0 Å². The first-order valence-electron chi connectivity index (χ1n) is 5.05. The maximum absolute atomic E-state index is 2.71. The minimum atomic E-state index is 0.781. The zero-order valence-electron chi connectivity index (χ0n) is 7.71. The molecule has 1 heteroatoms. The van der Waals surface area contributed by atoms with E-state index in [0.29, 0.717) is 0 Å². The second-order valence-electron chi connectivity index (χ2n) is 4.38. The third-order valence-electron chi connectivity index (χ3n) is 3.47. The Morgan fingerprint density at radius 3 is 2.73 bits per heavy atom. The summed E-state index contributed by atoms with van der Waals surface area (Å²) in [4.78, 5) is 2.71. The fourth-order valence-electron chi connectivity index (χ4n) is 2.91. The standard InChI is InChI=1S/C10H19N/c1-8(2)11-7-6-9-4-3-5-10(9)11/h8-10H,3-7H2,1-2H3/t9-,10-/m1/s1. The summed E-state index contributed by atoms with van der Waals surface area (Å²) >= 11 is 0. The fourth-order valence-corrected chi connectivity index (χ4v) is 2.91. The molecule has 1 aliphatic heterocycles. The number of rotatable bonds is 1. The van der Waals surface area contributed by atoms with E-state index in [1.54, 1.807) is 0 Å². The largest absolute Gasteiger partial charge is 0.298 e. The van der Waals surface area contributed by atoms with Crippen LogP contribution in [0.5, 0.6) is 0 Å². The summed E-state index contributed by atoms with van der Waals surface area (Å²) < 4.78 is 0. The lowest BCUT2D eigenvalue weighted by Gasteiger charge is -2.27. The molecular formula is C10H19N. The molecule has 0 aromatic rings. The highest BCUT2D eigenvalue weighted by Crippen LogP contribution is 2.38. The van der Waals surface area contributed by atoms with Crippen molar-refractivity contribution in [2.45, 2.75) is 51.6 Å². The monoisotopic (exact) mass is 153 g/mol. The molecule has 11 heavy (non-hydrogen) atoms. The number of hydrogen-bond donors (Lipinski definition) is 0. The molecule has 1 saturated heterocycles. The molecule has 1 aliphatic carbocycles. The van der Waals surface area contributed by atoms with Crippen LogP contribution in [0.3, 0.4) is 0 Å². The smallest absolute Gasteiger partial charge is 0.0127 e. The molecule has 1 saturated carbocycles. The van der Waals surface area contributed by atoms with E-state index in [0.717, 1.165) is 18.0 Å². The predicted molar refractivity (Wildman–Crippen MR) is 47.6 cm³/mol. The van der Waals surface area contributed by atoms with E-state index >= 15 is 0 Å². The van der Waals surface area contributed by atoms with Crippen LogP contribution in [-0.2, 0) is 0 Å². The Kier molecular flexibility index (Phi) is 1.92. The Morgan fingerprint density at radius 2 is 2.00 bits per heavy atom. The molecule has 0 aromatic heterocycles. The molecule has 0 spiro atoms. The van der Waals surface area contributed by atoms with Crippen molar-refractivity contribution < 1.29 is 0 Å². The van der Waals surface area contributed by atoms with Gasteiger partial charge in [0, 0.05) is 12.1 Å². The Labute approximate surface area is 69.8 Å². The predicted octanol–water partition coefficient (Wildman–Crippen LogP) is 2.27. The van der Waals surface area contributed by atoms with Gasteiger partial charge in [-0.15, -0.1) is 0 Å². The van der Waals surface area contributed by atoms with Gasteiger partial charge < -0.3 is 0 Å². The minimum absolute atomic E-state index is 0.781. The molecule has 1 nitrogen and oxygen atoms in total. The summed E-state index contributed by atoms with van der Waals surface area (Å²) in [7, 11) is 0. The molecule has 0 radical (unpaired) electrons. The van der Waals surface area contributed by atoms with Gasteiger partial charge in [0.25, 0.3) is 0 Å². The van der Waals surface area contributed by atoms with Gasteiger partial charge in [0.2, 0.25) is 0 Å². The van der Waals surface area contributed by atoms with Crippen LogP contribution in [0.4, 0.5) is 0 Å². The molecular weight excluding hydrogens is 134 g/mol. The fraction of sp³-hybridized carbons (Fsp3) is 1.00. The average molecular weight is 153 g/mol. The van der Waals surface area contributed by atoms with Gasteiger partial charge in [0.15, 0.2) is 0 Å².